The van der Waals surface area contributed by atoms with Gasteiger partial charge in [0.25, 0.3) is 0 Å². The van der Waals surface area contributed by atoms with Crippen molar-refractivity contribution in [1.29, 1.82) is 0 Å². The van der Waals surface area contributed by atoms with E-state index in [0.717, 1.165) is 41.4 Å². The number of fused-ring (bicyclic) bond motifs is 1. The van der Waals surface area contributed by atoms with Crippen LogP contribution in [-0.4, -0.2) is 32.9 Å². The van der Waals surface area contributed by atoms with Gasteiger partial charge >= 0.3 is 0 Å². The Balaban J connectivity index is 0.00000144. The normalized spacial score (nSPS) is 10.5. The molecule has 0 aliphatic rings. The predicted molar refractivity (Wildman–Crippen MR) is 111 cm³/mol. The minimum Gasteiger partial charge on any atom is -0.355 e. The molecule has 0 aliphatic heterocycles. The van der Waals surface area contributed by atoms with E-state index in [1.54, 1.807) is 22.2 Å². The van der Waals surface area contributed by atoms with Crippen molar-refractivity contribution >= 4 is 79.6 Å². The lowest BCUT2D eigenvalue weighted by Crippen LogP contribution is -2.17. The standard InChI is InChI=1S/C13H16Br2N6S.2ClH/c1-8-9(22-12(15)11(8)14)7-16-4-2-5-17-13-19-10-3-6-18-21(10)20-13;;/h3,6,16H,2,4-5,7H2,1H3,(H2,17,19,20);2*1H. The molecule has 3 aromatic rings. The van der Waals surface area contributed by atoms with Crippen molar-refractivity contribution in [3.63, 3.8) is 0 Å². The fourth-order valence-electron chi connectivity index (χ4n) is 2.08. The van der Waals surface area contributed by atoms with Gasteiger partial charge in [0, 0.05) is 28.5 Å². The summed E-state index contributed by atoms with van der Waals surface area (Å²) in [5.41, 5.74) is 2.13. The summed E-state index contributed by atoms with van der Waals surface area (Å²) in [7, 11) is 0. The molecule has 0 saturated heterocycles. The highest BCUT2D eigenvalue weighted by Crippen LogP contribution is 2.36. The molecule has 0 bridgehead atoms. The summed E-state index contributed by atoms with van der Waals surface area (Å²) in [6.07, 6.45) is 2.74. The molecule has 0 unspecified atom stereocenters. The summed E-state index contributed by atoms with van der Waals surface area (Å²) in [5, 5.41) is 13.9. The summed E-state index contributed by atoms with van der Waals surface area (Å²) < 4.78 is 3.97. The Hall–Kier alpha value is -0.320. The van der Waals surface area contributed by atoms with Crippen molar-refractivity contribution in [3.8, 4) is 0 Å². The first kappa shape index (κ1) is 21.7. The van der Waals surface area contributed by atoms with Gasteiger partial charge in [0.05, 0.1) is 9.98 Å². The summed E-state index contributed by atoms with van der Waals surface area (Å²) in [4.78, 5) is 5.73. The number of nitrogens with zero attached hydrogens (tertiary/aromatic N) is 3. The first-order chi connectivity index (χ1) is 10.6. The molecule has 24 heavy (non-hydrogen) atoms. The third-order valence-electron chi connectivity index (χ3n) is 3.30. The Morgan fingerprint density at radius 2 is 2.08 bits per heavy atom. The van der Waals surface area contributed by atoms with Gasteiger partial charge in [-0.25, -0.2) is 5.10 Å². The molecule has 0 spiro atoms. The summed E-state index contributed by atoms with van der Waals surface area (Å²) in [6.45, 7) is 4.85. The van der Waals surface area contributed by atoms with Crippen LogP contribution in [0.2, 0.25) is 0 Å². The maximum absolute atomic E-state index is 4.37. The van der Waals surface area contributed by atoms with E-state index in [-0.39, 0.29) is 24.8 Å². The van der Waals surface area contributed by atoms with Gasteiger partial charge in [-0.3, -0.25) is 0 Å². The van der Waals surface area contributed by atoms with Crippen LogP contribution in [0.5, 0.6) is 0 Å². The van der Waals surface area contributed by atoms with Crippen molar-refractivity contribution in [1.82, 2.24) is 25.1 Å². The minimum atomic E-state index is 0. The second-order valence-corrected chi connectivity index (χ2v) is 8.08. The van der Waals surface area contributed by atoms with E-state index in [0.29, 0.717) is 0 Å². The first-order valence-electron chi connectivity index (χ1n) is 6.93. The second kappa shape index (κ2) is 9.98. The summed E-state index contributed by atoms with van der Waals surface area (Å²) in [5.74, 6) is 0.755. The Bertz CT molecular complexity index is 743. The van der Waals surface area contributed by atoms with Crippen LogP contribution in [0.4, 0.5) is 5.95 Å². The quantitative estimate of drug-likeness (QED) is 0.404. The molecule has 134 valence electrons. The van der Waals surface area contributed by atoms with Crippen molar-refractivity contribution < 1.29 is 0 Å². The number of thiophene rings is 1. The molecule has 3 heterocycles. The third-order valence-corrected chi connectivity index (χ3v) is 7.05. The maximum atomic E-state index is 4.37. The van der Waals surface area contributed by atoms with Crippen LogP contribution in [0, 0.1) is 6.92 Å². The molecule has 3 N–H and O–H groups in total. The van der Waals surface area contributed by atoms with Crippen LogP contribution in [0.15, 0.2) is 20.5 Å². The topological polar surface area (TPSA) is 70.0 Å². The number of rotatable bonds is 7. The molecule has 0 aliphatic carbocycles. The van der Waals surface area contributed by atoms with Crippen molar-refractivity contribution in [2.45, 2.75) is 19.9 Å². The highest BCUT2D eigenvalue weighted by molar-refractivity contribution is 9.13. The fraction of sp³-hybridized carbons (Fsp3) is 0.385. The number of H-pyrrole nitrogens is 1. The maximum Gasteiger partial charge on any atom is 0.218 e. The largest absolute Gasteiger partial charge is 0.355 e. The third kappa shape index (κ3) is 5.09. The van der Waals surface area contributed by atoms with Gasteiger partial charge in [-0.05, 0) is 57.3 Å². The zero-order chi connectivity index (χ0) is 15.5. The molecule has 3 rings (SSSR count). The molecular weight excluding hydrogens is 503 g/mol. The number of nitrogens with one attached hydrogen (secondary N) is 3. The van der Waals surface area contributed by atoms with Gasteiger partial charge in [0.1, 0.15) is 0 Å². The number of anilines is 1. The number of hydrogen-bond acceptors (Lipinski definition) is 5. The monoisotopic (exact) mass is 518 g/mol. The van der Waals surface area contributed by atoms with Gasteiger partial charge < -0.3 is 10.6 Å². The molecule has 0 atom stereocenters. The number of aromatic amines is 1. The van der Waals surface area contributed by atoms with Gasteiger partial charge in [0.2, 0.25) is 5.95 Å². The average Bonchev–Trinajstić information content (AvgIpc) is 3.14. The summed E-state index contributed by atoms with van der Waals surface area (Å²) in [6, 6.07) is 1.86. The van der Waals surface area contributed by atoms with Crippen molar-refractivity contribution in [2.75, 3.05) is 18.4 Å². The van der Waals surface area contributed by atoms with Crippen LogP contribution in [0.25, 0.3) is 5.65 Å². The van der Waals surface area contributed by atoms with Crippen LogP contribution in [-0.2, 0) is 6.54 Å². The lowest BCUT2D eigenvalue weighted by molar-refractivity contribution is 0.665. The number of halogens is 4. The highest BCUT2D eigenvalue weighted by atomic mass is 79.9. The van der Waals surface area contributed by atoms with Crippen LogP contribution in [0.1, 0.15) is 16.9 Å². The van der Waals surface area contributed by atoms with E-state index >= 15 is 0 Å². The molecule has 0 amide bonds. The van der Waals surface area contributed by atoms with E-state index < -0.39 is 0 Å². The number of hydrogen-bond donors (Lipinski definition) is 3. The summed E-state index contributed by atoms with van der Waals surface area (Å²) >= 11 is 8.91. The lowest BCUT2D eigenvalue weighted by Gasteiger charge is -2.05. The predicted octanol–water partition coefficient (Wildman–Crippen LogP) is 4.39. The van der Waals surface area contributed by atoms with E-state index in [4.69, 9.17) is 0 Å². The van der Waals surface area contributed by atoms with Gasteiger partial charge in [0.15, 0.2) is 5.65 Å². The first-order valence-corrected chi connectivity index (χ1v) is 9.33. The fourth-order valence-corrected chi connectivity index (χ4v) is 4.46. The zero-order valence-electron chi connectivity index (χ0n) is 12.8. The molecule has 0 radical (unpaired) electrons. The molecule has 3 aromatic heterocycles. The Kier molecular flexibility index (Phi) is 9.03. The van der Waals surface area contributed by atoms with Gasteiger partial charge in [-0.2, -0.15) is 14.7 Å². The van der Waals surface area contributed by atoms with Crippen LogP contribution < -0.4 is 10.6 Å². The molecular formula is C13H18Br2Cl2N6S. The van der Waals surface area contributed by atoms with Gasteiger partial charge in [-0.1, -0.05) is 0 Å². The number of aromatic nitrogens is 4. The smallest absolute Gasteiger partial charge is 0.218 e. The van der Waals surface area contributed by atoms with E-state index in [2.05, 4.69) is 64.6 Å². The van der Waals surface area contributed by atoms with E-state index in [9.17, 15) is 0 Å². The molecule has 0 saturated carbocycles. The minimum absolute atomic E-state index is 0. The van der Waals surface area contributed by atoms with Gasteiger partial charge in [-0.15, -0.1) is 36.2 Å². The molecule has 11 heteroatoms. The van der Waals surface area contributed by atoms with Crippen molar-refractivity contribution in [3.05, 3.63) is 31.0 Å². The highest BCUT2D eigenvalue weighted by Gasteiger charge is 2.10. The molecule has 0 fully saturated rings. The van der Waals surface area contributed by atoms with E-state index in [1.165, 1.54) is 14.9 Å². The lowest BCUT2D eigenvalue weighted by atomic mass is 10.3. The molecule has 6 nitrogen and oxygen atoms in total. The second-order valence-electron chi connectivity index (χ2n) is 4.87. The van der Waals surface area contributed by atoms with E-state index in [1.807, 2.05) is 6.07 Å². The Morgan fingerprint density at radius 1 is 1.29 bits per heavy atom. The average molecular weight is 521 g/mol. The van der Waals surface area contributed by atoms with Crippen LogP contribution in [0.3, 0.4) is 0 Å². The Morgan fingerprint density at radius 3 is 2.75 bits per heavy atom. The SMILES string of the molecule is Cc1c(CNCCCNc2nc3ccnn3[nH]2)sc(Br)c1Br.Cl.Cl. The molecule has 0 aromatic carbocycles. The van der Waals surface area contributed by atoms with Crippen LogP contribution >= 0.6 is 68.0 Å². The zero-order valence-corrected chi connectivity index (χ0v) is 18.4. The Labute approximate surface area is 173 Å². The van der Waals surface area contributed by atoms with Crippen molar-refractivity contribution in [2.24, 2.45) is 0 Å².